The minimum Gasteiger partial charge on any atom is -0.461 e. The van der Waals surface area contributed by atoms with Gasteiger partial charge in [0.15, 0.2) is 17.3 Å². The van der Waals surface area contributed by atoms with E-state index in [1.165, 1.54) is 4.09 Å². The number of hydrogen-bond donors (Lipinski definition) is 3. The first kappa shape index (κ1) is 28.0. The molecule has 3 heterocycles. The minimum absolute atomic E-state index is 0.00323. The summed E-state index contributed by atoms with van der Waals surface area (Å²) in [5.41, 5.74) is -0.198. The summed E-state index contributed by atoms with van der Waals surface area (Å²) in [5.74, 6) is -2.21. The molecule has 4 aromatic rings. The van der Waals surface area contributed by atoms with E-state index in [1.807, 2.05) is 0 Å². The number of aromatic nitrogens is 5. The van der Waals surface area contributed by atoms with Crippen molar-refractivity contribution in [3.05, 3.63) is 82.1 Å². The molecule has 1 aliphatic heterocycles. The molecule has 5 rings (SSSR count). The first-order chi connectivity index (χ1) is 19.7. The molecular formula is C27H27FN6O6S. The minimum atomic E-state index is -1.72. The average Bonchev–Trinajstić information content (AvgIpc) is 3.53. The van der Waals surface area contributed by atoms with E-state index in [0.717, 1.165) is 0 Å². The molecule has 0 spiro atoms. The summed E-state index contributed by atoms with van der Waals surface area (Å²) in [5, 5.41) is 9.58. The normalized spacial score (nSPS) is 21.1. The smallest absolute Gasteiger partial charge is 0.338 e. The van der Waals surface area contributed by atoms with Crippen molar-refractivity contribution in [3.8, 4) is 0 Å². The lowest BCUT2D eigenvalue weighted by atomic mass is 10.2. The highest BCUT2D eigenvalue weighted by molar-refractivity contribution is 8.16. The van der Waals surface area contributed by atoms with Gasteiger partial charge < -0.3 is 9.47 Å². The lowest BCUT2D eigenvalue weighted by molar-refractivity contribution is -0.118. The van der Waals surface area contributed by atoms with Gasteiger partial charge in [-0.3, -0.25) is 19.9 Å². The Balaban J connectivity index is 1.46. The van der Waals surface area contributed by atoms with Crippen LogP contribution >= 0.6 is 11.1 Å². The molecule has 2 N–H and O–H groups in total. The highest BCUT2D eigenvalue weighted by atomic mass is 32.2. The van der Waals surface area contributed by atoms with Crippen molar-refractivity contribution in [2.45, 2.75) is 31.4 Å². The Hall–Kier alpha value is -4.59. The Bertz CT molecular complexity index is 1630. The standard InChI is InChI=1S/C27H27FN6O6S/c1-15(2)23(35)30-27-29-22-21(24(36)31-27)32-33-34(22)41-14-18(40-26(38)17-11-7-4-8-12-17)20(28)19(41)13-39-25(37)16-9-5-3-6-10-16/h3-12,15,18-20,41H,13-14H2,1-2H3,(H2,29,30,31,35,36)/t18-,19+,20-/m0/s1. The summed E-state index contributed by atoms with van der Waals surface area (Å²) in [6.45, 7) is 3.01. The molecule has 0 radical (unpaired) electrons. The number of nitrogens with zero attached hydrogens (tertiary/aromatic N) is 4. The number of carbonyl (C=O) groups excluding carboxylic acids is 3. The Labute approximate surface area is 235 Å². The zero-order valence-electron chi connectivity index (χ0n) is 22.1. The van der Waals surface area contributed by atoms with E-state index in [4.69, 9.17) is 9.47 Å². The van der Waals surface area contributed by atoms with Gasteiger partial charge in [-0.25, -0.2) is 14.0 Å². The van der Waals surface area contributed by atoms with Crippen LogP contribution in [0.25, 0.3) is 11.2 Å². The van der Waals surface area contributed by atoms with E-state index in [-0.39, 0.29) is 46.9 Å². The van der Waals surface area contributed by atoms with Crippen LogP contribution in [-0.2, 0) is 14.3 Å². The SMILES string of the molecule is CC(C)C(=O)Nc1nc2c(nnn2[SH]2C[C@H](OC(=O)c3ccccc3)[C@H](F)[C@H]2COC(=O)c2ccccc2)c(=O)[nH]1. The predicted octanol–water partition coefficient (Wildman–Crippen LogP) is 2.68. The van der Waals surface area contributed by atoms with Gasteiger partial charge in [0, 0.05) is 11.7 Å². The van der Waals surface area contributed by atoms with Crippen LogP contribution in [0.3, 0.4) is 0 Å². The van der Waals surface area contributed by atoms with E-state index in [1.54, 1.807) is 74.5 Å². The van der Waals surface area contributed by atoms with E-state index >= 15 is 4.39 Å². The van der Waals surface area contributed by atoms with Crippen LogP contribution in [-0.4, -0.2) is 72.1 Å². The van der Waals surface area contributed by atoms with Gasteiger partial charge in [-0.05, 0) is 24.3 Å². The first-order valence-corrected chi connectivity index (χ1v) is 14.3. The van der Waals surface area contributed by atoms with Gasteiger partial charge in [0.2, 0.25) is 11.9 Å². The van der Waals surface area contributed by atoms with Gasteiger partial charge in [0.05, 0.1) is 16.4 Å². The fourth-order valence-corrected chi connectivity index (χ4v) is 6.88. The number of fused-ring (bicyclic) bond motifs is 1. The van der Waals surface area contributed by atoms with E-state index in [9.17, 15) is 19.2 Å². The van der Waals surface area contributed by atoms with Crippen LogP contribution in [0.2, 0.25) is 0 Å². The summed E-state index contributed by atoms with van der Waals surface area (Å²) < 4.78 is 28.3. The van der Waals surface area contributed by atoms with E-state index in [0.29, 0.717) is 5.56 Å². The van der Waals surface area contributed by atoms with Gasteiger partial charge in [-0.1, -0.05) is 55.5 Å². The summed E-state index contributed by atoms with van der Waals surface area (Å²) in [6, 6.07) is 16.4. The van der Waals surface area contributed by atoms with E-state index < -0.39 is 46.1 Å². The zero-order valence-corrected chi connectivity index (χ0v) is 23.0. The van der Waals surface area contributed by atoms with Crippen LogP contribution in [0.15, 0.2) is 65.5 Å². The number of ether oxygens (including phenoxy) is 2. The number of carbonyl (C=O) groups is 3. The molecule has 1 amide bonds. The molecule has 0 saturated carbocycles. The number of rotatable bonds is 8. The Morgan fingerprint density at radius 2 is 1.71 bits per heavy atom. The molecule has 1 unspecified atom stereocenters. The lowest BCUT2D eigenvalue weighted by Gasteiger charge is -2.24. The van der Waals surface area contributed by atoms with Crippen molar-refractivity contribution in [1.29, 1.82) is 0 Å². The fraction of sp³-hybridized carbons (Fsp3) is 0.296. The maximum absolute atomic E-state index is 16.0. The third-order valence-corrected chi connectivity index (χ3v) is 9.13. The summed E-state index contributed by atoms with van der Waals surface area (Å²) >= 11 is -1.72. The molecule has 1 aliphatic rings. The van der Waals surface area contributed by atoms with Crippen LogP contribution in [0.5, 0.6) is 0 Å². The number of anilines is 1. The molecule has 41 heavy (non-hydrogen) atoms. The fourth-order valence-electron chi connectivity index (χ4n) is 4.24. The predicted molar refractivity (Wildman–Crippen MR) is 150 cm³/mol. The quantitative estimate of drug-likeness (QED) is 0.210. The van der Waals surface area contributed by atoms with Crippen LogP contribution in [0.4, 0.5) is 10.3 Å². The Morgan fingerprint density at radius 3 is 2.34 bits per heavy atom. The molecule has 4 atom stereocenters. The van der Waals surface area contributed by atoms with Crippen LogP contribution in [0, 0.1) is 5.92 Å². The van der Waals surface area contributed by atoms with Crippen molar-refractivity contribution in [1.82, 2.24) is 24.4 Å². The number of benzene rings is 2. The number of alkyl halides is 1. The number of thiol groups is 1. The number of aromatic amines is 1. The molecule has 0 aliphatic carbocycles. The number of nitrogens with one attached hydrogen (secondary N) is 2. The molecule has 12 nitrogen and oxygen atoms in total. The zero-order chi connectivity index (χ0) is 29.1. The second-order valence-electron chi connectivity index (χ2n) is 9.62. The van der Waals surface area contributed by atoms with Crippen molar-refractivity contribution in [3.63, 3.8) is 0 Å². The third-order valence-electron chi connectivity index (χ3n) is 6.44. The summed E-state index contributed by atoms with van der Waals surface area (Å²) in [6.07, 6.45) is -2.91. The molecular weight excluding hydrogens is 555 g/mol. The number of amides is 1. The highest BCUT2D eigenvalue weighted by Crippen LogP contribution is 2.46. The van der Waals surface area contributed by atoms with Crippen molar-refractivity contribution in [2.75, 3.05) is 17.7 Å². The molecule has 2 aromatic heterocycles. The van der Waals surface area contributed by atoms with Crippen LogP contribution < -0.4 is 10.9 Å². The number of esters is 2. The van der Waals surface area contributed by atoms with Gasteiger partial charge >= 0.3 is 11.9 Å². The average molecular weight is 583 g/mol. The number of hydrogen-bond acceptors (Lipinski definition) is 9. The van der Waals surface area contributed by atoms with Crippen molar-refractivity contribution < 1.29 is 28.2 Å². The maximum Gasteiger partial charge on any atom is 0.338 e. The largest absolute Gasteiger partial charge is 0.461 e. The number of H-pyrrole nitrogens is 1. The Morgan fingerprint density at radius 1 is 1.07 bits per heavy atom. The van der Waals surface area contributed by atoms with Gasteiger partial charge in [0.25, 0.3) is 5.56 Å². The van der Waals surface area contributed by atoms with Crippen molar-refractivity contribution in [2.24, 2.45) is 5.92 Å². The number of halogens is 1. The van der Waals surface area contributed by atoms with Gasteiger partial charge in [0.1, 0.15) is 12.7 Å². The van der Waals surface area contributed by atoms with E-state index in [2.05, 4.69) is 25.6 Å². The molecule has 14 heteroatoms. The summed E-state index contributed by atoms with van der Waals surface area (Å²) in [7, 11) is 0. The second kappa shape index (κ2) is 11.9. The highest BCUT2D eigenvalue weighted by Gasteiger charge is 2.47. The first-order valence-electron chi connectivity index (χ1n) is 12.8. The van der Waals surface area contributed by atoms with Crippen LogP contribution in [0.1, 0.15) is 34.6 Å². The molecule has 2 aromatic carbocycles. The molecule has 0 bridgehead atoms. The second-order valence-corrected chi connectivity index (χ2v) is 11.9. The topological polar surface area (TPSA) is 158 Å². The summed E-state index contributed by atoms with van der Waals surface area (Å²) in [4.78, 5) is 57.1. The molecule has 1 saturated heterocycles. The Kier molecular flexibility index (Phi) is 8.10. The maximum atomic E-state index is 16.0. The molecule has 214 valence electrons. The van der Waals surface area contributed by atoms with Gasteiger partial charge in [-0.15, -0.1) is 16.2 Å². The molecule has 1 fully saturated rings. The van der Waals surface area contributed by atoms with Crippen molar-refractivity contribution >= 4 is 46.0 Å². The monoisotopic (exact) mass is 582 g/mol. The van der Waals surface area contributed by atoms with Gasteiger partial charge in [-0.2, -0.15) is 9.07 Å². The third kappa shape index (κ3) is 5.96. The lowest BCUT2D eigenvalue weighted by Crippen LogP contribution is -2.33.